The third kappa shape index (κ3) is 8.63. The Morgan fingerprint density at radius 2 is 1.30 bits per heavy atom. The van der Waals surface area contributed by atoms with E-state index < -0.39 is 11.6 Å². The topological polar surface area (TPSA) is 71.1 Å². The zero-order valence-corrected chi connectivity index (χ0v) is 26.6. The van der Waals surface area contributed by atoms with Crippen molar-refractivity contribution in [3.05, 3.63) is 160 Å². The van der Waals surface area contributed by atoms with Crippen molar-refractivity contribution in [1.29, 1.82) is 0 Å². The molecular weight excluding hydrogens is 576 g/mol. The maximum atomic E-state index is 13.8. The highest BCUT2D eigenvalue weighted by molar-refractivity contribution is 6.16. The van der Waals surface area contributed by atoms with Gasteiger partial charge in [-0.1, -0.05) is 109 Å². The molecule has 0 aromatic heterocycles. The number of ether oxygens (including phenoxy) is 4. The van der Waals surface area contributed by atoms with E-state index in [0.717, 1.165) is 29.0 Å². The fraction of sp³-hybridized carbons (Fsp3) is 0.200. The van der Waals surface area contributed by atoms with E-state index in [1.54, 1.807) is 45.0 Å². The number of hydrogen-bond donors (Lipinski definition) is 0. The monoisotopic (exact) mass is 614 g/mol. The van der Waals surface area contributed by atoms with Crippen molar-refractivity contribution in [3.63, 3.8) is 0 Å². The second-order valence-electron chi connectivity index (χ2n) is 12.0. The van der Waals surface area contributed by atoms with E-state index >= 15 is 0 Å². The number of benzene rings is 5. The molecule has 1 heterocycles. The lowest BCUT2D eigenvalue weighted by Gasteiger charge is -2.22. The van der Waals surface area contributed by atoms with E-state index in [2.05, 4.69) is 6.07 Å². The van der Waals surface area contributed by atoms with Crippen LogP contribution in [0.5, 0.6) is 17.2 Å². The van der Waals surface area contributed by atoms with Gasteiger partial charge < -0.3 is 18.9 Å². The summed E-state index contributed by atoms with van der Waals surface area (Å²) in [5.41, 5.74) is 4.18. The molecule has 0 saturated carbocycles. The molecule has 0 bridgehead atoms. The fourth-order valence-corrected chi connectivity index (χ4v) is 4.68. The van der Waals surface area contributed by atoms with Gasteiger partial charge in [0.15, 0.2) is 5.78 Å². The first-order valence-electron chi connectivity index (χ1n) is 15.2. The van der Waals surface area contributed by atoms with Crippen LogP contribution < -0.4 is 14.2 Å². The third-order valence-electron chi connectivity index (χ3n) is 7.08. The maximum Gasteiger partial charge on any atom is 0.339 e. The number of carbonyl (C=O) groups is 2. The molecule has 46 heavy (non-hydrogen) atoms. The Hall–Kier alpha value is -5.36. The molecule has 6 heteroatoms. The Labute approximate surface area is 270 Å². The molecule has 0 atom stereocenters. The van der Waals surface area contributed by atoms with Gasteiger partial charge in [-0.3, -0.25) is 4.79 Å². The van der Waals surface area contributed by atoms with Crippen molar-refractivity contribution in [1.82, 2.24) is 0 Å². The predicted octanol–water partition coefficient (Wildman–Crippen LogP) is 8.92. The van der Waals surface area contributed by atoms with Crippen LogP contribution in [0.4, 0.5) is 0 Å². The minimum atomic E-state index is -0.757. The smallest absolute Gasteiger partial charge is 0.339 e. The van der Waals surface area contributed by atoms with Gasteiger partial charge in [-0.15, -0.1) is 0 Å². The Kier molecular flexibility index (Phi) is 10.2. The lowest BCUT2D eigenvalue weighted by Crippen LogP contribution is -2.25. The Bertz CT molecular complexity index is 1750. The Morgan fingerprint density at radius 1 is 0.717 bits per heavy atom. The van der Waals surface area contributed by atoms with Gasteiger partial charge >= 0.3 is 5.97 Å². The largest absolute Gasteiger partial charge is 0.489 e. The molecule has 1 aliphatic rings. The second kappa shape index (κ2) is 14.6. The zero-order valence-electron chi connectivity index (χ0n) is 26.6. The summed E-state index contributed by atoms with van der Waals surface area (Å²) >= 11 is 0. The number of para-hydroxylation sites is 1. The van der Waals surface area contributed by atoms with Gasteiger partial charge in [-0.25, -0.2) is 4.79 Å². The quantitative estimate of drug-likeness (QED) is 0.122. The minimum Gasteiger partial charge on any atom is -0.489 e. The predicted molar refractivity (Wildman–Crippen MR) is 179 cm³/mol. The first kappa shape index (κ1) is 32.0. The lowest BCUT2D eigenvalue weighted by atomic mass is 9.96. The van der Waals surface area contributed by atoms with Crippen LogP contribution >= 0.6 is 0 Å². The van der Waals surface area contributed by atoms with E-state index in [4.69, 9.17) is 18.9 Å². The summed E-state index contributed by atoms with van der Waals surface area (Å²) in [7, 11) is 0. The summed E-state index contributed by atoms with van der Waals surface area (Å²) in [4.78, 5) is 27.3. The van der Waals surface area contributed by atoms with Crippen LogP contribution in [0.25, 0.3) is 0 Å². The van der Waals surface area contributed by atoms with Gasteiger partial charge in [0.25, 0.3) is 0 Å². The highest BCUT2D eigenvalue weighted by Gasteiger charge is 2.28. The molecular formula is C40H38O6. The Morgan fingerprint density at radius 3 is 1.83 bits per heavy atom. The molecule has 5 aromatic rings. The molecule has 0 spiro atoms. The molecule has 0 aliphatic carbocycles. The van der Waals surface area contributed by atoms with Crippen LogP contribution in [0.2, 0.25) is 0 Å². The van der Waals surface area contributed by atoms with Gasteiger partial charge in [0.2, 0.25) is 0 Å². The van der Waals surface area contributed by atoms with E-state index in [1.165, 1.54) is 5.56 Å². The summed E-state index contributed by atoms with van der Waals surface area (Å²) in [5.74, 6) is 0.753. The first-order chi connectivity index (χ1) is 22.2. The number of carbonyl (C=O) groups excluding carboxylic acids is 2. The number of ketones is 1. The summed E-state index contributed by atoms with van der Waals surface area (Å²) in [5, 5.41) is 0. The fourth-order valence-electron chi connectivity index (χ4n) is 4.68. The van der Waals surface area contributed by atoms with Crippen LogP contribution in [0.1, 0.15) is 69.3 Å². The van der Waals surface area contributed by atoms with Crippen molar-refractivity contribution < 1.29 is 28.5 Å². The molecule has 6 rings (SSSR count). The van der Waals surface area contributed by atoms with Crippen LogP contribution in [-0.4, -0.2) is 17.4 Å². The number of hydrogen-bond acceptors (Lipinski definition) is 6. The molecule has 234 valence electrons. The van der Waals surface area contributed by atoms with Crippen molar-refractivity contribution >= 4 is 11.8 Å². The van der Waals surface area contributed by atoms with E-state index in [9.17, 15) is 9.59 Å². The van der Waals surface area contributed by atoms with E-state index in [0.29, 0.717) is 11.3 Å². The molecule has 0 fully saturated rings. The van der Waals surface area contributed by atoms with Crippen LogP contribution in [0.3, 0.4) is 0 Å². The highest BCUT2D eigenvalue weighted by Crippen LogP contribution is 2.34. The maximum absolute atomic E-state index is 13.8. The van der Waals surface area contributed by atoms with Gasteiger partial charge in [-0.2, -0.15) is 0 Å². The van der Waals surface area contributed by atoms with Gasteiger partial charge in [0, 0.05) is 17.2 Å². The molecule has 0 unspecified atom stereocenters. The molecule has 0 N–H and O–H groups in total. The zero-order chi connectivity index (χ0) is 32.5. The number of aryl methyl sites for hydroxylation is 1. The average molecular weight is 615 g/mol. The normalized spacial score (nSPS) is 11.5. The van der Waals surface area contributed by atoms with Gasteiger partial charge in [0.05, 0.1) is 11.1 Å². The average Bonchev–Trinajstić information content (AvgIpc) is 3.04. The Balaban J connectivity index is 0.000000447. The first-order valence-corrected chi connectivity index (χ1v) is 15.2. The van der Waals surface area contributed by atoms with Crippen molar-refractivity contribution in [2.24, 2.45) is 0 Å². The summed E-state index contributed by atoms with van der Waals surface area (Å²) in [6.07, 6.45) is 0. The summed E-state index contributed by atoms with van der Waals surface area (Å²) in [6, 6.07) is 37.9. The van der Waals surface area contributed by atoms with Crippen molar-refractivity contribution in [2.45, 2.75) is 53.1 Å². The molecule has 0 saturated heterocycles. The van der Waals surface area contributed by atoms with Crippen LogP contribution in [-0.2, 0) is 24.6 Å². The number of esters is 1. The molecule has 5 aromatic carbocycles. The summed E-state index contributed by atoms with van der Waals surface area (Å²) in [6.45, 7) is 8.62. The van der Waals surface area contributed by atoms with E-state index in [-0.39, 0.29) is 35.9 Å². The summed E-state index contributed by atoms with van der Waals surface area (Å²) < 4.78 is 23.0. The van der Waals surface area contributed by atoms with Crippen molar-refractivity contribution in [2.75, 3.05) is 0 Å². The van der Waals surface area contributed by atoms with Gasteiger partial charge in [0.1, 0.15) is 42.7 Å². The third-order valence-corrected chi connectivity index (χ3v) is 7.08. The molecule has 1 aliphatic heterocycles. The second-order valence-corrected chi connectivity index (χ2v) is 12.0. The lowest BCUT2D eigenvalue weighted by molar-refractivity contribution is 0.00668. The standard InChI is InChI=1S/C33H32O5.C7H6O/c1-23-15-17-26(18-16-23)31(34)30-28(32(35)38-33(2,3)4)19-27(36-21-24-11-7-5-8-12-24)20-29(30)37-22-25-13-9-6-10-14-25;1-2-4-7-6(3-1)5-8-7/h5-20H,21-22H2,1-4H3;1-4H,5H2. The van der Waals surface area contributed by atoms with Gasteiger partial charge in [-0.05, 0) is 51.0 Å². The molecule has 6 nitrogen and oxygen atoms in total. The van der Waals surface area contributed by atoms with Crippen molar-refractivity contribution in [3.8, 4) is 17.2 Å². The van der Waals surface area contributed by atoms with Crippen LogP contribution in [0.15, 0.2) is 121 Å². The number of rotatable bonds is 9. The highest BCUT2D eigenvalue weighted by atomic mass is 16.6. The minimum absolute atomic E-state index is 0.0964. The van der Waals surface area contributed by atoms with Crippen LogP contribution in [0, 0.1) is 6.92 Å². The van der Waals surface area contributed by atoms with E-state index in [1.807, 2.05) is 97.9 Å². The SMILES string of the molecule is Cc1ccc(C(=O)c2c(OCc3ccccc3)cc(OCc3ccccc3)cc2C(=O)OC(C)(C)C)cc1.c1ccc2c(c1)CO2. The molecule has 0 radical (unpaired) electrons. The number of fused-ring (bicyclic) bond motifs is 1. The molecule has 0 amide bonds.